The van der Waals surface area contributed by atoms with Crippen LogP contribution in [-0.2, 0) is 0 Å². The van der Waals surface area contributed by atoms with E-state index in [0.29, 0.717) is 10.8 Å². The van der Waals surface area contributed by atoms with Crippen molar-refractivity contribution < 1.29 is 0 Å². The summed E-state index contributed by atoms with van der Waals surface area (Å²) in [6.45, 7) is 2.08. The summed E-state index contributed by atoms with van der Waals surface area (Å²) in [5, 5.41) is 8.93. The second-order valence-corrected chi connectivity index (χ2v) is 4.03. The zero-order valence-corrected chi connectivity index (χ0v) is 8.40. The lowest BCUT2D eigenvalue weighted by atomic mass is 10.1. The largest absolute Gasteiger partial charge is 0.192 e. The van der Waals surface area contributed by atoms with Crippen LogP contribution >= 0.6 is 22.5 Å². The van der Waals surface area contributed by atoms with E-state index >= 15 is 0 Å². The van der Waals surface area contributed by atoms with Gasteiger partial charge in [-0.2, -0.15) is 5.26 Å². The lowest BCUT2D eigenvalue weighted by molar-refractivity contribution is 1.11. The van der Waals surface area contributed by atoms with E-state index in [1.54, 1.807) is 0 Å². The van der Waals surface area contributed by atoms with Gasteiger partial charge in [0.1, 0.15) is 0 Å². The van der Waals surface area contributed by atoms with Crippen molar-refractivity contribution in [3.05, 3.63) is 35.4 Å². The predicted molar refractivity (Wildman–Crippen MR) is 56.1 cm³/mol. The number of thiol groups is 1. The first-order valence-electron chi connectivity index (χ1n) is 3.58. The molecule has 0 heterocycles. The molecule has 0 saturated carbocycles. The Morgan fingerprint density at radius 2 is 2.00 bits per heavy atom. The van der Waals surface area contributed by atoms with Crippen LogP contribution in [0.1, 0.15) is 23.3 Å². The van der Waals surface area contributed by atoms with E-state index < -0.39 is 0 Å². The average Bonchev–Trinajstić information content (AvgIpc) is 2.17. The fraction of sp³-hybridized carbons (Fsp3) is 0.222. The Labute approximate surface area is 81.6 Å². The van der Waals surface area contributed by atoms with Gasteiger partial charge in [-0.3, -0.25) is 0 Å². The van der Waals surface area contributed by atoms with Gasteiger partial charge < -0.3 is 0 Å². The molecule has 1 aromatic rings. The molecule has 1 nitrogen and oxygen atoms in total. The standard InChI is InChI=1S/C9H9NS2/c1-7(12-11)9-4-2-8(6-10)3-5-9/h2-5,7,11H,1H3. The Balaban J connectivity index is 2.86. The summed E-state index contributed by atoms with van der Waals surface area (Å²) in [4.78, 5) is 0. The normalized spacial score (nSPS) is 12.1. The Morgan fingerprint density at radius 1 is 1.42 bits per heavy atom. The molecular weight excluding hydrogens is 186 g/mol. The second-order valence-electron chi connectivity index (χ2n) is 2.48. The maximum absolute atomic E-state index is 8.55. The Hall–Kier alpha value is -0.590. The molecule has 0 aliphatic rings. The highest BCUT2D eigenvalue weighted by Crippen LogP contribution is 2.30. The molecule has 0 amide bonds. The van der Waals surface area contributed by atoms with Crippen molar-refractivity contribution >= 4 is 22.5 Å². The molecule has 0 fully saturated rings. The van der Waals surface area contributed by atoms with Gasteiger partial charge >= 0.3 is 0 Å². The minimum atomic E-state index is 0.376. The molecule has 1 atom stereocenters. The van der Waals surface area contributed by atoms with Crippen molar-refractivity contribution in [2.45, 2.75) is 12.2 Å². The van der Waals surface area contributed by atoms with E-state index in [1.807, 2.05) is 24.3 Å². The van der Waals surface area contributed by atoms with Crippen molar-refractivity contribution in [2.24, 2.45) is 0 Å². The first-order valence-corrected chi connectivity index (χ1v) is 5.51. The number of rotatable bonds is 2. The van der Waals surface area contributed by atoms with Gasteiger partial charge in [-0.1, -0.05) is 22.9 Å². The molecule has 0 N–H and O–H groups in total. The van der Waals surface area contributed by atoms with Crippen molar-refractivity contribution in [2.75, 3.05) is 0 Å². The predicted octanol–water partition coefficient (Wildman–Crippen LogP) is 3.20. The van der Waals surface area contributed by atoms with Crippen molar-refractivity contribution in [1.29, 1.82) is 5.26 Å². The molecule has 1 unspecified atom stereocenters. The maximum Gasteiger partial charge on any atom is 0.0991 e. The quantitative estimate of drug-likeness (QED) is 0.578. The topological polar surface area (TPSA) is 23.8 Å². The third-order valence-electron chi connectivity index (χ3n) is 1.67. The zero-order valence-electron chi connectivity index (χ0n) is 6.69. The van der Waals surface area contributed by atoms with E-state index in [1.165, 1.54) is 16.4 Å². The number of hydrogen-bond acceptors (Lipinski definition) is 3. The number of benzene rings is 1. The molecule has 0 aliphatic carbocycles. The maximum atomic E-state index is 8.55. The smallest absolute Gasteiger partial charge is 0.0991 e. The number of hydrogen-bond donors (Lipinski definition) is 1. The molecule has 62 valence electrons. The number of nitriles is 1. The van der Waals surface area contributed by atoms with Gasteiger partial charge in [0.25, 0.3) is 0 Å². The van der Waals surface area contributed by atoms with Gasteiger partial charge in [0.15, 0.2) is 0 Å². The molecule has 0 aromatic heterocycles. The van der Waals surface area contributed by atoms with Crippen LogP contribution in [0.4, 0.5) is 0 Å². The van der Waals surface area contributed by atoms with Gasteiger partial charge in [-0.05, 0) is 24.6 Å². The van der Waals surface area contributed by atoms with Gasteiger partial charge in [-0.25, -0.2) is 0 Å². The van der Waals surface area contributed by atoms with E-state index in [0.717, 1.165) is 0 Å². The molecule has 0 aliphatic heterocycles. The van der Waals surface area contributed by atoms with Crippen LogP contribution in [0.15, 0.2) is 24.3 Å². The SMILES string of the molecule is CC(SS)c1ccc(C#N)cc1. The summed E-state index contributed by atoms with van der Waals surface area (Å²) >= 11 is 4.13. The van der Waals surface area contributed by atoms with Crippen LogP contribution in [-0.4, -0.2) is 0 Å². The van der Waals surface area contributed by atoms with Crippen LogP contribution in [0, 0.1) is 11.3 Å². The van der Waals surface area contributed by atoms with Crippen molar-refractivity contribution in [1.82, 2.24) is 0 Å². The van der Waals surface area contributed by atoms with Crippen LogP contribution in [0.5, 0.6) is 0 Å². The van der Waals surface area contributed by atoms with E-state index in [-0.39, 0.29) is 0 Å². The van der Waals surface area contributed by atoms with E-state index in [9.17, 15) is 0 Å². The summed E-state index contributed by atoms with van der Waals surface area (Å²) in [6.07, 6.45) is 0. The summed E-state index contributed by atoms with van der Waals surface area (Å²) in [6, 6.07) is 9.67. The van der Waals surface area contributed by atoms with E-state index in [4.69, 9.17) is 5.26 Å². The molecule has 12 heavy (non-hydrogen) atoms. The molecule has 0 radical (unpaired) electrons. The fourth-order valence-corrected chi connectivity index (χ4v) is 1.53. The second kappa shape index (κ2) is 4.44. The summed E-state index contributed by atoms with van der Waals surface area (Å²) < 4.78 is 0. The summed E-state index contributed by atoms with van der Waals surface area (Å²) in [5.41, 5.74) is 1.91. The lowest BCUT2D eigenvalue weighted by Crippen LogP contribution is -1.85. The van der Waals surface area contributed by atoms with Crippen LogP contribution in [0.2, 0.25) is 0 Å². The minimum Gasteiger partial charge on any atom is -0.192 e. The van der Waals surface area contributed by atoms with Gasteiger partial charge in [0.05, 0.1) is 11.6 Å². The molecule has 1 rings (SSSR count). The third kappa shape index (κ3) is 2.20. The highest BCUT2D eigenvalue weighted by molar-refractivity contribution is 8.68. The molecular formula is C9H9NS2. The van der Waals surface area contributed by atoms with Crippen LogP contribution < -0.4 is 0 Å². The third-order valence-corrected chi connectivity index (χ3v) is 3.20. The Kier molecular flexibility index (Phi) is 3.51. The fourth-order valence-electron chi connectivity index (χ4n) is 0.890. The average molecular weight is 195 g/mol. The van der Waals surface area contributed by atoms with Gasteiger partial charge in [-0.15, -0.1) is 11.7 Å². The van der Waals surface area contributed by atoms with Crippen LogP contribution in [0.3, 0.4) is 0 Å². The first-order chi connectivity index (χ1) is 5.77. The monoisotopic (exact) mass is 195 g/mol. The molecule has 3 heteroatoms. The van der Waals surface area contributed by atoms with Crippen molar-refractivity contribution in [3.63, 3.8) is 0 Å². The minimum absolute atomic E-state index is 0.376. The Bertz CT molecular complexity index is 286. The first kappa shape index (κ1) is 9.50. The summed E-state index contributed by atoms with van der Waals surface area (Å²) in [7, 11) is 1.50. The molecule has 0 saturated heterocycles. The van der Waals surface area contributed by atoms with Gasteiger partial charge in [0, 0.05) is 5.25 Å². The molecule has 0 spiro atoms. The lowest BCUT2D eigenvalue weighted by Gasteiger charge is -2.06. The van der Waals surface area contributed by atoms with E-state index in [2.05, 4.69) is 24.7 Å². The highest BCUT2D eigenvalue weighted by atomic mass is 33.1. The van der Waals surface area contributed by atoms with Crippen molar-refractivity contribution in [3.8, 4) is 6.07 Å². The summed E-state index contributed by atoms with van der Waals surface area (Å²) in [5.74, 6) is 0. The molecule has 0 bridgehead atoms. The van der Waals surface area contributed by atoms with Gasteiger partial charge in [0.2, 0.25) is 0 Å². The molecule has 1 aromatic carbocycles. The highest BCUT2D eigenvalue weighted by Gasteiger charge is 2.02. The number of nitrogens with zero attached hydrogens (tertiary/aromatic N) is 1. The van der Waals surface area contributed by atoms with Crippen LogP contribution in [0.25, 0.3) is 0 Å². The Morgan fingerprint density at radius 3 is 2.42 bits per heavy atom. The zero-order chi connectivity index (χ0) is 8.97.